The summed E-state index contributed by atoms with van der Waals surface area (Å²) < 4.78 is 0. The molecule has 0 fully saturated rings. The average molecular weight is 1240 g/mol. The van der Waals surface area contributed by atoms with Crippen LogP contribution in [0.5, 0.6) is 46.0 Å². The van der Waals surface area contributed by atoms with Crippen molar-refractivity contribution in [3.8, 4) is 46.0 Å². The van der Waals surface area contributed by atoms with E-state index in [0.717, 1.165) is 156 Å². The van der Waals surface area contributed by atoms with Gasteiger partial charge in [0.1, 0.15) is 46.0 Å². The average Bonchev–Trinajstić information content (AvgIpc) is 0.743. The topological polar surface area (TPSA) is 179 Å². The standard InChI is InChI=1S/C44H48O5.C40H42O4/c1-23-12-33(13-24(2)39(23)46)43(10,34-14-25(3)40(47)26(4)15-34)37-20-32(31(9)45)21-38(22-37)44(11,35-16-27(5)41(48)28(6)17-35)36-18-29(7)42(49)30(8)19-36;1-21-13-31(14-22(2)37(21)41)35(32-15-23(3)38(42)24(4)16-32)29-9-11-30(12-10-29)36(33-17-25(5)39(43)26(6)18-33)34-19-27(7)40(44)28(8)20-34/h12-22,46-49H,1-11H3;9-20,35-36,41-44H,1-8H3. The highest BCUT2D eigenvalue weighted by Gasteiger charge is 2.39. The van der Waals surface area contributed by atoms with Gasteiger partial charge in [-0.1, -0.05) is 127 Å². The smallest absolute Gasteiger partial charge is 0.159 e. The summed E-state index contributed by atoms with van der Waals surface area (Å²) in [4.78, 5) is 13.4. The number of ketones is 1. The Morgan fingerprint density at radius 3 is 0.559 bits per heavy atom. The Morgan fingerprint density at radius 1 is 0.247 bits per heavy atom. The molecule has 9 heteroatoms. The van der Waals surface area contributed by atoms with E-state index in [9.17, 15) is 45.6 Å². The first-order chi connectivity index (χ1) is 43.6. The summed E-state index contributed by atoms with van der Waals surface area (Å²) in [5.41, 5.74) is 23.4. The molecule has 0 bridgehead atoms. The van der Waals surface area contributed by atoms with Crippen molar-refractivity contribution in [2.75, 3.05) is 0 Å². The molecule has 10 aromatic carbocycles. The second-order valence-electron chi connectivity index (χ2n) is 27.0. The van der Waals surface area contributed by atoms with E-state index in [0.29, 0.717) is 28.6 Å². The summed E-state index contributed by atoms with van der Waals surface area (Å²) in [5, 5.41) is 85.3. The van der Waals surface area contributed by atoms with Crippen molar-refractivity contribution < 1.29 is 45.6 Å². The van der Waals surface area contributed by atoms with Gasteiger partial charge in [0.05, 0.1) is 0 Å². The van der Waals surface area contributed by atoms with E-state index in [4.69, 9.17) is 0 Å². The molecular formula is C84H90O9. The molecule has 0 aromatic heterocycles. The largest absolute Gasteiger partial charge is 0.507 e. The molecule has 8 N–H and O–H groups in total. The monoisotopic (exact) mass is 1240 g/mol. The zero-order valence-corrected chi connectivity index (χ0v) is 57.4. The number of Topliss-reactive ketones (excluding diaryl/α,β-unsaturated/α-hetero) is 1. The van der Waals surface area contributed by atoms with Crippen molar-refractivity contribution in [1.29, 1.82) is 0 Å². The number of phenolic OH excluding ortho intramolecular Hbond substituents is 8. The molecule has 0 aliphatic rings. The first kappa shape index (κ1) is 67.7. The number of rotatable bonds is 13. The second kappa shape index (κ2) is 25.7. The normalized spacial score (nSPS) is 11.8. The van der Waals surface area contributed by atoms with Crippen LogP contribution >= 0.6 is 0 Å². The lowest BCUT2D eigenvalue weighted by atomic mass is 9.65. The van der Waals surface area contributed by atoms with E-state index in [1.54, 1.807) is 6.92 Å². The van der Waals surface area contributed by atoms with Gasteiger partial charge in [0.2, 0.25) is 0 Å². The van der Waals surface area contributed by atoms with Gasteiger partial charge >= 0.3 is 0 Å². The molecule has 0 atom stereocenters. The number of hydrogen-bond donors (Lipinski definition) is 8. The fourth-order valence-corrected chi connectivity index (χ4v) is 14.0. The highest BCUT2D eigenvalue weighted by molar-refractivity contribution is 5.95. The molecule has 0 saturated carbocycles. The molecular weight excluding hydrogens is 1150 g/mol. The molecule has 0 aliphatic heterocycles. The van der Waals surface area contributed by atoms with Crippen LogP contribution in [0.15, 0.2) is 140 Å². The number of carbonyl (C=O) groups excluding carboxylic acids is 1. The second-order valence-corrected chi connectivity index (χ2v) is 27.0. The van der Waals surface area contributed by atoms with Gasteiger partial charge in [-0.25, -0.2) is 0 Å². The molecule has 0 aliphatic carbocycles. The fourth-order valence-electron chi connectivity index (χ4n) is 14.0. The molecule has 0 saturated heterocycles. The van der Waals surface area contributed by atoms with Crippen LogP contribution in [-0.4, -0.2) is 46.6 Å². The lowest BCUT2D eigenvalue weighted by molar-refractivity contribution is 0.101. The van der Waals surface area contributed by atoms with Gasteiger partial charge in [-0.3, -0.25) is 4.79 Å². The van der Waals surface area contributed by atoms with Crippen molar-refractivity contribution in [2.24, 2.45) is 0 Å². The van der Waals surface area contributed by atoms with E-state index in [1.165, 1.54) is 0 Å². The van der Waals surface area contributed by atoms with Crippen LogP contribution in [0.25, 0.3) is 0 Å². The minimum atomic E-state index is -0.824. The Hall–Kier alpha value is -9.73. The number of aryl methyl sites for hydroxylation is 16. The zero-order valence-electron chi connectivity index (χ0n) is 57.4. The molecule has 93 heavy (non-hydrogen) atoms. The SMILES string of the molecule is CC(=O)c1cc(C(C)(c2cc(C)c(O)c(C)c2)c2cc(C)c(O)c(C)c2)cc(C(C)(c2cc(C)c(O)c(C)c2)c2cc(C)c(O)c(C)c2)c1.Cc1cc(C(c2ccc(C(c3cc(C)c(O)c(C)c3)c3cc(C)c(O)c(C)c3)cc2)c2cc(C)c(O)c(C)c2)cc(C)c1O. The van der Waals surface area contributed by atoms with Crippen LogP contribution in [-0.2, 0) is 10.8 Å². The van der Waals surface area contributed by atoms with Crippen LogP contribution in [0.2, 0.25) is 0 Å². The Balaban J connectivity index is 0.000000221. The molecule has 0 radical (unpaired) electrons. The fraction of sp³-hybridized carbons (Fsp3) is 0.274. The van der Waals surface area contributed by atoms with Gasteiger partial charge in [-0.2, -0.15) is 0 Å². The van der Waals surface area contributed by atoms with E-state index >= 15 is 0 Å². The molecule has 9 nitrogen and oxygen atoms in total. The highest BCUT2D eigenvalue weighted by Crippen LogP contribution is 2.49. The molecule has 0 unspecified atom stereocenters. The van der Waals surface area contributed by atoms with Crippen molar-refractivity contribution in [2.45, 2.75) is 154 Å². The van der Waals surface area contributed by atoms with E-state index in [-0.39, 0.29) is 40.6 Å². The lowest BCUT2D eigenvalue weighted by Gasteiger charge is -2.37. The number of aromatic hydroxyl groups is 8. The number of phenols is 8. The van der Waals surface area contributed by atoms with Crippen LogP contribution in [0.3, 0.4) is 0 Å². The predicted molar refractivity (Wildman–Crippen MR) is 377 cm³/mol. The maximum atomic E-state index is 13.4. The lowest BCUT2D eigenvalue weighted by Crippen LogP contribution is -2.30. The Morgan fingerprint density at radius 2 is 0.398 bits per heavy atom. The molecule has 0 amide bonds. The predicted octanol–water partition coefficient (Wildman–Crippen LogP) is 19.2. The number of carbonyl (C=O) groups is 1. The van der Waals surface area contributed by atoms with Crippen LogP contribution in [0.1, 0.15) is 199 Å². The summed E-state index contributed by atoms with van der Waals surface area (Å²) in [6.45, 7) is 36.3. The summed E-state index contributed by atoms with van der Waals surface area (Å²) in [5.74, 6) is 1.88. The minimum absolute atomic E-state index is 0.0833. The Labute approximate surface area is 549 Å². The minimum Gasteiger partial charge on any atom is -0.507 e. The van der Waals surface area contributed by atoms with Crippen LogP contribution < -0.4 is 0 Å². The first-order valence-electron chi connectivity index (χ1n) is 31.8. The number of benzene rings is 10. The Kier molecular flexibility index (Phi) is 18.7. The summed E-state index contributed by atoms with van der Waals surface area (Å²) in [6, 6.07) is 47.1. The van der Waals surface area contributed by atoms with Crippen molar-refractivity contribution >= 4 is 5.78 Å². The summed E-state index contributed by atoms with van der Waals surface area (Å²) in [6.07, 6.45) is 0. The molecule has 10 aromatic rings. The van der Waals surface area contributed by atoms with E-state index in [1.807, 2.05) is 220 Å². The third kappa shape index (κ3) is 12.7. The van der Waals surface area contributed by atoms with Gasteiger partial charge in [0.25, 0.3) is 0 Å². The maximum absolute atomic E-state index is 13.4. The zero-order chi connectivity index (χ0) is 68.4. The van der Waals surface area contributed by atoms with Crippen LogP contribution in [0.4, 0.5) is 0 Å². The van der Waals surface area contributed by atoms with Gasteiger partial charge in [0, 0.05) is 28.2 Å². The summed E-state index contributed by atoms with van der Waals surface area (Å²) in [7, 11) is 0. The van der Waals surface area contributed by atoms with E-state index in [2.05, 4.69) is 44.2 Å². The maximum Gasteiger partial charge on any atom is 0.159 e. The number of hydrogen-bond acceptors (Lipinski definition) is 9. The summed E-state index contributed by atoms with van der Waals surface area (Å²) >= 11 is 0. The third-order valence-corrected chi connectivity index (χ3v) is 19.8. The quantitative estimate of drug-likeness (QED) is 0.0412. The van der Waals surface area contributed by atoms with E-state index < -0.39 is 10.8 Å². The third-order valence-electron chi connectivity index (χ3n) is 19.8. The molecule has 0 spiro atoms. The van der Waals surface area contributed by atoms with Crippen molar-refractivity contribution in [3.05, 3.63) is 301 Å². The highest BCUT2D eigenvalue weighted by atomic mass is 16.3. The van der Waals surface area contributed by atoms with Gasteiger partial charge in [0.15, 0.2) is 5.78 Å². The Bertz CT molecular complexity index is 3920. The molecule has 0 heterocycles. The van der Waals surface area contributed by atoms with Crippen molar-refractivity contribution in [3.63, 3.8) is 0 Å². The van der Waals surface area contributed by atoms with Crippen molar-refractivity contribution in [1.82, 2.24) is 0 Å². The molecule has 480 valence electrons. The molecule has 10 rings (SSSR count). The first-order valence-corrected chi connectivity index (χ1v) is 31.8. The van der Waals surface area contributed by atoms with Gasteiger partial charge < -0.3 is 40.9 Å². The van der Waals surface area contributed by atoms with Gasteiger partial charge in [-0.15, -0.1) is 0 Å². The van der Waals surface area contributed by atoms with Gasteiger partial charge in [-0.05, 0) is 299 Å². The van der Waals surface area contributed by atoms with Crippen LogP contribution in [0, 0.1) is 111 Å².